The van der Waals surface area contributed by atoms with Gasteiger partial charge in [-0.2, -0.15) is 0 Å². The van der Waals surface area contributed by atoms with Crippen molar-refractivity contribution < 1.29 is 9.59 Å². The Bertz CT molecular complexity index is 1330. The number of thiocarbonyl (C=S) groups is 1. The molecule has 6 aliphatic rings. The van der Waals surface area contributed by atoms with Crippen LogP contribution >= 0.6 is 59.3 Å². The van der Waals surface area contributed by atoms with Crippen molar-refractivity contribution in [3.8, 4) is 0 Å². The maximum Gasteiger partial charge on any atom is 0.254 e. The maximum absolute atomic E-state index is 13.4. The predicted octanol–water partition coefficient (Wildman–Crippen LogP) is 6.43. The molecule has 6 nitrogen and oxygen atoms in total. The molecule has 0 aromatic heterocycles. The number of carbonyl (C=O) groups excluding carboxylic acids is 2. The molecule has 6 heterocycles. The molecule has 0 saturated carbocycles. The second kappa shape index (κ2) is 9.76. The molecule has 40 heavy (non-hydrogen) atoms. The Balaban J connectivity index is 1.07. The number of amides is 2. The van der Waals surface area contributed by atoms with E-state index in [2.05, 4.69) is 67.5 Å². The van der Waals surface area contributed by atoms with Crippen LogP contribution in [0.2, 0.25) is 0 Å². The van der Waals surface area contributed by atoms with Crippen molar-refractivity contribution in [2.75, 3.05) is 46.7 Å². The SMILES string of the molecule is O=C1c2cccc(NC(=S)Nc3cccc4c3C3CC5(CCN3C4=O)SCCS5)c2C2CC3(CCN12)SCCS3. The van der Waals surface area contributed by atoms with Gasteiger partial charge in [-0.25, -0.2) is 0 Å². The van der Waals surface area contributed by atoms with Gasteiger partial charge in [-0.05, 0) is 62.2 Å². The molecule has 2 unspecified atom stereocenters. The number of fused-ring (bicyclic) bond motifs is 6. The molecule has 2 amide bonds. The lowest BCUT2D eigenvalue weighted by Gasteiger charge is -2.41. The van der Waals surface area contributed by atoms with Crippen LogP contribution in [0.5, 0.6) is 0 Å². The average Bonchev–Trinajstić information content (AvgIpc) is 3.72. The summed E-state index contributed by atoms with van der Waals surface area (Å²) in [4.78, 5) is 30.9. The van der Waals surface area contributed by atoms with Gasteiger partial charge in [-0.15, -0.1) is 47.0 Å². The van der Waals surface area contributed by atoms with Gasteiger partial charge >= 0.3 is 0 Å². The molecule has 8 rings (SSSR count). The van der Waals surface area contributed by atoms with Gasteiger partial charge in [0.2, 0.25) is 0 Å². The maximum atomic E-state index is 13.4. The van der Waals surface area contributed by atoms with Crippen molar-refractivity contribution in [1.82, 2.24) is 9.80 Å². The molecule has 0 radical (unpaired) electrons. The Morgan fingerprint density at radius 3 is 1.57 bits per heavy atom. The average molecular weight is 627 g/mol. The number of nitrogens with zero attached hydrogens (tertiary/aromatic N) is 2. The molecular formula is C29H30N4O2S5. The van der Waals surface area contributed by atoms with Crippen LogP contribution in [0.3, 0.4) is 0 Å². The molecular weight excluding hydrogens is 597 g/mol. The van der Waals surface area contributed by atoms with Crippen molar-refractivity contribution in [3.05, 3.63) is 58.7 Å². The zero-order valence-corrected chi connectivity index (χ0v) is 26.0. The summed E-state index contributed by atoms with van der Waals surface area (Å²) in [6, 6.07) is 12.1. The Morgan fingerprint density at radius 1 is 0.725 bits per heavy atom. The number of piperidine rings is 2. The molecule has 2 spiro atoms. The first-order chi connectivity index (χ1) is 19.5. The van der Waals surface area contributed by atoms with Crippen LogP contribution in [0.4, 0.5) is 11.4 Å². The van der Waals surface area contributed by atoms with Crippen molar-refractivity contribution in [1.29, 1.82) is 0 Å². The fourth-order valence-electron chi connectivity index (χ4n) is 7.45. The van der Waals surface area contributed by atoms with Crippen molar-refractivity contribution >= 4 is 87.6 Å². The number of anilines is 2. The highest BCUT2D eigenvalue weighted by Gasteiger charge is 2.51. The van der Waals surface area contributed by atoms with Crippen molar-refractivity contribution in [3.63, 3.8) is 0 Å². The Kier molecular flexibility index (Phi) is 6.37. The van der Waals surface area contributed by atoms with E-state index in [1.807, 2.05) is 36.4 Å². The van der Waals surface area contributed by atoms with Gasteiger partial charge in [0.1, 0.15) is 0 Å². The lowest BCUT2D eigenvalue weighted by molar-refractivity contribution is 0.0662. The van der Waals surface area contributed by atoms with E-state index in [9.17, 15) is 9.59 Å². The Hall–Kier alpha value is -1.53. The molecule has 0 bridgehead atoms. The smallest absolute Gasteiger partial charge is 0.254 e. The van der Waals surface area contributed by atoms with Crippen LogP contribution in [0.1, 0.15) is 69.6 Å². The van der Waals surface area contributed by atoms with Gasteiger partial charge in [-0.3, -0.25) is 9.59 Å². The molecule has 2 atom stereocenters. The van der Waals surface area contributed by atoms with E-state index in [4.69, 9.17) is 12.2 Å². The monoisotopic (exact) mass is 626 g/mol. The number of nitrogens with one attached hydrogen (secondary N) is 2. The molecule has 4 fully saturated rings. The third kappa shape index (κ3) is 4.05. The minimum absolute atomic E-state index is 0.0767. The fourth-order valence-corrected chi connectivity index (χ4v) is 14.2. The second-order valence-electron chi connectivity index (χ2n) is 11.3. The predicted molar refractivity (Wildman–Crippen MR) is 174 cm³/mol. The van der Waals surface area contributed by atoms with Gasteiger partial charge in [0.15, 0.2) is 5.11 Å². The number of benzene rings is 2. The summed E-state index contributed by atoms with van der Waals surface area (Å²) >= 11 is 14.2. The van der Waals surface area contributed by atoms with Crippen molar-refractivity contribution in [2.24, 2.45) is 0 Å². The molecule has 2 N–H and O–H groups in total. The topological polar surface area (TPSA) is 64.7 Å². The largest absolute Gasteiger partial charge is 0.332 e. The molecule has 11 heteroatoms. The van der Waals surface area contributed by atoms with E-state index < -0.39 is 0 Å². The van der Waals surface area contributed by atoms with E-state index in [-0.39, 0.29) is 32.1 Å². The van der Waals surface area contributed by atoms with Gasteiger partial charge in [0.25, 0.3) is 11.8 Å². The highest BCUT2D eigenvalue weighted by Crippen LogP contribution is 2.59. The summed E-state index contributed by atoms with van der Waals surface area (Å²) in [5.41, 5.74) is 5.55. The standard InChI is InChI=1S/C29H30N4O2S5/c34-25-17-3-1-5-19(23(17)21-15-28(7-9-32(21)25)37-11-12-38-28)30-27(36)31-20-6-2-4-18-24(20)22-16-29(39-13-14-40-29)8-10-33(22)26(18)35/h1-6,21-22H,7-16H2,(H2,30,31,36). The minimum Gasteiger partial charge on any atom is -0.332 e. The zero-order chi connectivity index (χ0) is 27.1. The van der Waals surface area contributed by atoms with Crippen LogP contribution in [0.15, 0.2) is 36.4 Å². The molecule has 0 aliphatic carbocycles. The van der Waals surface area contributed by atoms with E-state index in [0.717, 1.165) is 72.4 Å². The summed E-state index contributed by atoms with van der Waals surface area (Å²) in [7, 11) is 0. The van der Waals surface area contributed by atoms with Gasteiger partial charge in [0.05, 0.1) is 20.2 Å². The van der Waals surface area contributed by atoms with Gasteiger partial charge < -0.3 is 20.4 Å². The quantitative estimate of drug-likeness (QED) is 0.367. The van der Waals surface area contributed by atoms with E-state index >= 15 is 0 Å². The lowest BCUT2D eigenvalue weighted by Crippen LogP contribution is -2.41. The highest BCUT2D eigenvalue weighted by molar-refractivity contribution is 8.21. The van der Waals surface area contributed by atoms with Crippen LogP contribution < -0.4 is 10.6 Å². The number of hydrogen-bond acceptors (Lipinski definition) is 7. The van der Waals surface area contributed by atoms with E-state index in [0.29, 0.717) is 5.11 Å². The second-order valence-corrected chi connectivity index (χ2v) is 18.1. The third-order valence-electron chi connectivity index (χ3n) is 9.21. The first-order valence-corrected chi connectivity index (χ1v) is 18.3. The fraction of sp³-hybridized carbons (Fsp3) is 0.483. The highest BCUT2D eigenvalue weighted by atomic mass is 32.2. The van der Waals surface area contributed by atoms with Crippen LogP contribution in [-0.4, -0.2) is 71.0 Å². The molecule has 2 aromatic rings. The number of hydrogen-bond donors (Lipinski definition) is 2. The summed E-state index contributed by atoms with van der Waals surface area (Å²) < 4.78 is 0.427. The van der Waals surface area contributed by atoms with Gasteiger partial charge in [-0.1, -0.05) is 12.1 Å². The van der Waals surface area contributed by atoms with E-state index in [1.165, 1.54) is 23.0 Å². The molecule has 208 valence electrons. The molecule has 2 aromatic carbocycles. The number of carbonyl (C=O) groups is 2. The normalized spacial score (nSPS) is 27.1. The molecule has 4 saturated heterocycles. The number of thioether (sulfide) groups is 4. The summed E-state index contributed by atoms with van der Waals surface area (Å²) in [6.45, 7) is 1.61. The van der Waals surface area contributed by atoms with Crippen LogP contribution in [-0.2, 0) is 0 Å². The van der Waals surface area contributed by atoms with Gasteiger partial charge in [0, 0.05) is 69.7 Å². The Labute approximate surface area is 256 Å². The first kappa shape index (κ1) is 26.1. The first-order valence-electron chi connectivity index (χ1n) is 14.0. The van der Waals surface area contributed by atoms with Crippen molar-refractivity contribution in [2.45, 2.75) is 45.9 Å². The summed E-state index contributed by atoms with van der Waals surface area (Å²) in [5.74, 6) is 5.03. The zero-order valence-electron chi connectivity index (χ0n) is 21.9. The number of rotatable bonds is 2. The lowest BCUT2D eigenvalue weighted by atomic mass is 9.94. The van der Waals surface area contributed by atoms with Crippen LogP contribution in [0.25, 0.3) is 0 Å². The van der Waals surface area contributed by atoms with E-state index in [1.54, 1.807) is 0 Å². The summed E-state index contributed by atoms with van der Waals surface area (Å²) in [5, 5.41) is 7.42. The minimum atomic E-state index is 0.0767. The summed E-state index contributed by atoms with van der Waals surface area (Å²) in [6.07, 6.45) is 4.05. The molecule has 6 aliphatic heterocycles. The third-order valence-corrected chi connectivity index (χ3v) is 16.6. The Morgan fingerprint density at radius 2 is 1.15 bits per heavy atom. The van der Waals surface area contributed by atoms with Crippen LogP contribution in [0, 0.1) is 0 Å².